The fourth-order valence-corrected chi connectivity index (χ4v) is 2.45. The number of hydrogen-bond acceptors (Lipinski definition) is 2. The van der Waals surface area contributed by atoms with Crippen molar-refractivity contribution < 1.29 is 14.3 Å². The van der Waals surface area contributed by atoms with Crippen LogP contribution in [0, 0.1) is 11.7 Å². The summed E-state index contributed by atoms with van der Waals surface area (Å²) in [5.41, 5.74) is -0.525. The molecular formula is C15H20FNO2. The molecule has 2 rings (SSSR count). The number of benzene rings is 1. The molecule has 19 heavy (non-hydrogen) atoms. The molecule has 1 aromatic rings. The molecule has 1 aliphatic rings. The van der Waals surface area contributed by atoms with Gasteiger partial charge in [0.15, 0.2) is 0 Å². The van der Waals surface area contributed by atoms with Crippen molar-refractivity contribution in [3.63, 3.8) is 0 Å². The summed E-state index contributed by atoms with van der Waals surface area (Å²) >= 11 is 0. The van der Waals surface area contributed by atoms with Crippen molar-refractivity contribution in [1.29, 1.82) is 0 Å². The Morgan fingerprint density at radius 2 is 2.16 bits per heavy atom. The SMILES string of the molecule is CC1CCC(O)(CNC(=O)c2cccc(F)c2)CC1. The third kappa shape index (κ3) is 3.77. The van der Waals surface area contributed by atoms with Gasteiger partial charge in [0.2, 0.25) is 0 Å². The van der Waals surface area contributed by atoms with Crippen molar-refractivity contribution in [2.75, 3.05) is 6.54 Å². The van der Waals surface area contributed by atoms with E-state index in [1.165, 1.54) is 18.2 Å². The predicted octanol–water partition coefficient (Wildman–Crippen LogP) is 2.50. The molecule has 0 bridgehead atoms. The summed E-state index contributed by atoms with van der Waals surface area (Å²) in [7, 11) is 0. The molecular weight excluding hydrogens is 245 g/mol. The van der Waals surface area contributed by atoms with Crippen LogP contribution in [0.5, 0.6) is 0 Å². The van der Waals surface area contributed by atoms with Gasteiger partial charge >= 0.3 is 0 Å². The number of carbonyl (C=O) groups is 1. The minimum atomic E-state index is -0.810. The Bertz CT molecular complexity index is 453. The Morgan fingerprint density at radius 3 is 2.79 bits per heavy atom. The van der Waals surface area contributed by atoms with E-state index in [9.17, 15) is 14.3 Å². The molecule has 4 heteroatoms. The fourth-order valence-electron chi connectivity index (χ4n) is 2.45. The number of rotatable bonds is 3. The number of halogens is 1. The smallest absolute Gasteiger partial charge is 0.251 e. The van der Waals surface area contributed by atoms with Crippen LogP contribution in [0.2, 0.25) is 0 Å². The van der Waals surface area contributed by atoms with Crippen LogP contribution in [0.1, 0.15) is 43.0 Å². The van der Waals surface area contributed by atoms with E-state index in [-0.39, 0.29) is 18.0 Å². The number of amides is 1. The van der Waals surface area contributed by atoms with Crippen LogP contribution in [0.4, 0.5) is 4.39 Å². The first-order valence-electron chi connectivity index (χ1n) is 6.75. The highest BCUT2D eigenvalue weighted by atomic mass is 19.1. The highest BCUT2D eigenvalue weighted by Gasteiger charge is 2.32. The zero-order valence-corrected chi connectivity index (χ0v) is 11.2. The maximum Gasteiger partial charge on any atom is 0.251 e. The molecule has 3 nitrogen and oxygen atoms in total. The van der Waals surface area contributed by atoms with Crippen molar-refractivity contribution in [2.24, 2.45) is 5.92 Å². The highest BCUT2D eigenvalue weighted by molar-refractivity contribution is 5.94. The second kappa shape index (κ2) is 5.70. The average molecular weight is 265 g/mol. The molecule has 1 amide bonds. The van der Waals surface area contributed by atoms with Crippen LogP contribution < -0.4 is 5.32 Å². The van der Waals surface area contributed by atoms with E-state index in [0.29, 0.717) is 18.8 Å². The van der Waals surface area contributed by atoms with Crippen LogP contribution in [0.3, 0.4) is 0 Å². The Balaban J connectivity index is 1.90. The Kier molecular flexibility index (Phi) is 4.20. The van der Waals surface area contributed by atoms with E-state index in [0.717, 1.165) is 12.8 Å². The third-order valence-corrected chi connectivity index (χ3v) is 3.87. The van der Waals surface area contributed by atoms with E-state index in [1.54, 1.807) is 6.07 Å². The molecule has 1 fully saturated rings. The molecule has 1 aliphatic carbocycles. The quantitative estimate of drug-likeness (QED) is 0.882. The number of carbonyl (C=O) groups excluding carboxylic acids is 1. The first-order valence-corrected chi connectivity index (χ1v) is 6.75. The molecule has 0 spiro atoms. The molecule has 0 atom stereocenters. The zero-order valence-electron chi connectivity index (χ0n) is 11.2. The molecule has 0 aliphatic heterocycles. The lowest BCUT2D eigenvalue weighted by Gasteiger charge is -2.34. The fraction of sp³-hybridized carbons (Fsp3) is 0.533. The Labute approximate surface area is 112 Å². The van der Waals surface area contributed by atoms with Gasteiger partial charge in [-0.1, -0.05) is 13.0 Å². The third-order valence-electron chi connectivity index (χ3n) is 3.87. The minimum absolute atomic E-state index is 0.231. The number of aliphatic hydroxyl groups is 1. The van der Waals surface area contributed by atoms with Crippen molar-refractivity contribution >= 4 is 5.91 Å². The topological polar surface area (TPSA) is 49.3 Å². The molecule has 1 saturated carbocycles. The van der Waals surface area contributed by atoms with Gasteiger partial charge in [-0.25, -0.2) is 4.39 Å². The van der Waals surface area contributed by atoms with Gasteiger partial charge in [-0.15, -0.1) is 0 Å². The van der Waals surface area contributed by atoms with E-state index >= 15 is 0 Å². The normalized spacial score (nSPS) is 27.0. The summed E-state index contributed by atoms with van der Waals surface area (Å²) < 4.78 is 13.0. The highest BCUT2D eigenvalue weighted by Crippen LogP contribution is 2.31. The zero-order chi connectivity index (χ0) is 13.9. The van der Waals surface area contributed by atoms with Gasteiger partial charge < -0.3 is 10.4 Å². The lowest BCUT2D eigenvalue weighted by molar-refractivity contribution is -0.00540. The second-order valence-corrected chi connectivity index (χ2v) is 5.60. The van der Waals surface area contributed by atoms with E-state index in [1.807, 2.05) is 0 Å². The van der Waals surface area contributed by atoms with Crippen molar-refractivity contribution in [3.8, 4) is 0 Å². The van der Waals surface area contributed by atoms with Gasteiger partial charge in [-0.2, -0.15) is 0 Å². The number of hydrogen-bond donors (Lipinski definition) is 2. The lowest BCUT2D eigenvalue weighted by Crippen LogP contribution is -2.45. The Morgan fingerprint density at radius 1 is 1.47 bits per heavy atom. The van der Waals surface area contributed by atoms with Crippen LogP contribution in [-0.4, -0.2) is 23.2 Å². The summed E-state index contributed by atoms with van der Waals surface area (Å²) in [6.45, 7) is 2.40. The first kappa shape index (κ1) is 14.0. The van der Waals surface area contributed by atoms with Crippen LogP contribution >= 0.6 is 0 Å². The molecule has 104 valence electrons. The summed E-state index contributed by atoms with van der Waals surface area (Å²) in [5, 5.41) is 13.0. The molecule has 0 unspecified atom stereocenters. The maximum absolute atomic E-state index is 13.0. The summed E-state index contributed by atoms with van der Waals surface area (Å²) in [6.07, 6.45) is 3.37. The summed E-state index contributed by atoms with van der Waals surface area (Å²) in [4.78, 5) is 11.9. The summed E-state index contributed by atoms with van der Waals surface area (Å²) in [6, 6.07) is 5.56. The monoisotopic (exact) mass is 265 g/mol. The van der Waals surface area contributed by atoms with Gasteiger partial charge in [0.25, 0.3) is 5.91 Å². The van der Waals surface area contributed by atoms with Crippen LogP contribution in [0.25, 0.3) is 0 Å². The van der Waals surface area contributed by atoms with Crippen molar-refractivity contribution in [2.45, 2.75) is 38.2 Å². The lowest BCUT2D eigenvalue weighted by atomic mass is 9.79. The predicted molar refractivity (Wildman–Crippen MR) is 71.3 cm³/mol. The van der Waals surface area contributed by atoms with Crippen LogP contribution in [0.15, 0.2) is 24.3 Å². The maximum atomic E-state index is 13.0. The first-order chi connectivity index (χ1) is 8.98. The minimum Gasteiger partial charge on any atom is -0.388 e. The van der Waals surface area contributed by atoms with Gasteiger partial charge in [-0.05, 0) is 49.8 Å². The van der Waals surface area contributed by atoms with E-state index in [2.05, 4.69) is 12.2 Å². The summed E-state index contributed by atoms with van der Waals surface area (Å²) in [5.74, 6) is -0.136. The average Bonchev–Trinajstić information content (AvgIpc) is 2.40. The van der Waals surface area contributed by atoms with Gasteiger partial charge in [0.1, 0.15) is 5.82 Å². The largest absolute Gasteiger partial charge is 0.388 e. The molecule has 0 radical (unpaired) electrons. The van der Waals surface area contributed by atoms with Gasteiger partial charge in [0, 0.05) is 12.1 Å². The van der Waals surface area contributed by atoms with Crippen LogP contribution in [-0.2, 0) is 0 Å². The number of nitrogens with one attached hydrogen (secondary N) is 1. The molecule has 1 aromatic carbocycles. The second-order valence-electron chi connectivity index (χ2n) is 5.60. The van der Waals surface area contributed by atoms with Gasteiger partial charge in [-0.3, -0.25) is 4.79 Å². The van der Waals surface area contributed by atoms with E-state index in [4.69, 9.17) is 0 Å². The molecule has 0 heterocycles. The molecule has 2 N–H and O–H groups in total. The van der Waals surface area contributed by atoms with Gasteiger partial charge in [0.05, 0.1) is 5.60 Å². The van der Waals surface area contributed by atoms with E-state index < -0.39 is 11.4 Å². The molecule has 0 aromatic heterocycles. The standard InChI is InChI=1S/C15H20FNO2/c1-11-5-7-15(19,8-6-11)10-17-14(18)12-3-2-4-13(16)9-12/h2-4,9,11,19H,5-8,10H2,1H3,(H,17,18). The van der Waals surface area contributed by atoms with Crippen molar-refractivity contribution in [3.05, 3.63) is 35.6 Å². The van der Waals surface area contributed by atoms with Crippen molar-refractivity contribution in [1.82, 2.24) is 5.32 Å². The molecule has 0 saturated heterocycles. The Hall–Kier alpha value is -1.42.